The van der Waals surface area contributed by atoms with Crippen molar-refractivity contribution in [2.75, 3.05) is 0 Å². The third-order valence-corrected chi connectivity index (χ3v) is 5.77. The number of hydrogen-bond donors (Lipinski definition) is 0. The molecule has 3 unspecified atom stereocenters. The zero-order valence-corrected chi connectivity index (χ0v) is 9.44. The first-order chi connectivity index (χ1) is 5.66. The molecule has 12 heavy (non-hydrogen) atoms. The molecule has 0 radical (unpaired) electrons. The molecule has 4 fully saturated rings. The van der Waals surface area contributed by atoms with Gasteiger partial charge < -0.3 is 0 Å². The van der Waals surface area contributed by atoms with Crippen molar-refractivity contribution in [3.05, 3.63) is 0 Å². The molecule has 0 N–H and O–H groups in total. The molecule has 4 saturated carbocycles. The lowest BCUT2D eigenvalue weighted by molar-refractivity contribution is 0.0461. The van der Waals surface area contributed by atoms with Crippen molar-refractivity contribution in [2.45, 2.75) is 41.8 Å². The fourth-order valence-electron chi connectivity index (χ4n) is 3.86. The first-order valence-corrected chi connectivity index (χ1v) is 6.22. The largest absolute Gasteiger partial charge is 0.122 e. The Bertz CT molecular complexity index is 200. The van der Waals surface area contributed by atoms with Crippen LogP contribution in [0.5, 0.6) is 0 Å². The Balaban J connectivity index is 1.95. The molecular weight excluding hydrogens is 235 g/mol. The number of rotatable bonds is 0. The van der Waals surface area contributed by atoms with E-state index in [0.717, 1.165) is 17.8 Å². The van der Waals surface area contributed by atoms with Crippen LogP contribution in [0.2, 0.25) is 0 Å². The molecule has 4 bridgehead atoms. The van der Waals surface area contributed by atoms with E-state index in [-0.39, 0.29) is 0 Å². The van der Waals surface area contributed by atoms with Gasteiger partial charge in [0.15, 0.2) is 0 Å². The SMILES string of the molecule is ClC1[C@@H]2CC3C[C@H]1CC(Br)(C3)C2. The van der Waals surface area contributed by atoms with E-state index < -0.39 is 0 Å². The van der Waals surface area contributed by atoms with Crippen LogP contribution in [0.15, 0.2) is 0 Å². The molecule has 0 spiro atoms. The van der Waals surface area contributed by atoms with Crippen molar-refractivity contribution < 1.29 is 0 Å². The molecule has 0 aliphatic heterocycles. The van der Waals surface area contributed by atoms with Crippen LogP contribution >= 0.6 is 27.5 Å². The molecule has 0 aromatic heterocycles. The molecular formula is C10H14BrCl. The lowest BCUT2D eigenvalue weighted by atomic mass is 9.56. The molecule has 0 heterocycles. The van der Waals surface area contributed by atoms with Crippen LogP contribution in [0.1, 0.15) is 32.1 Å². The first kappa shape index (κ1) is 8.11. The Morgan fingerprint density at radius 3 is 2.17 bits per heavy atom. The van der Waals surface area contributed by atoms with E-state index in [2.05, 4.69) is 15.9 Å². The molecule has 0 amide bonds. The van der Waals surface area contributed by atoms with Crippen LogP contribution in [0, 0.1) is 17.8 Å². The Hall–Kier alpha value is 0.770. The second kappa shape index (κ2) is 2.42. The molecule has 68 valence electrons. The number of halogens is 2. The zero-order chi connectivity index (χ0) is 8.34. The Kier molecular flexibility index (Phi) is 1.63. The highest BCUT2D eigenvalue weighted by atomic mass is 79.9. The quantitative estimate of drug-likeness (QED) is 0.576. The summed E-state index contributed by atoms with van der Waals surface area (Å²) in [5.41, 5.74) is 0. The molecule has 4 aliphatic carbocycles. The molecule has 0 saturated heterocycles. The summed E-state index contributed by atoms with van der Waals surface area (Å²) in [6.07, 6.45) is 6.93. The summed E-state index contributed by atoms with van der Waals surface area (Å²) in [7, 11) is 0. The van der Waals surface area contributed by atoms with Gasteiger partial charge in [-0.3, -0.25) is 0 Å². The lowest BCUT2D eigenvalue weighted by Crippen LogP contribution is -2.52. The molecule has 0 aromatic rings. The molecule has 4 rings (SSSR count). The monoisotopic (exact) mass is 248 g/mol. The van der Waals surface area contributed by atoms with Gasteiger partial charge in [0.1, 0.15) is 0 Å². The van der Waals surface area contributed by atoms with Gasteiger partial charge in [0.2, 0.25) is 0 Å². The molecule has 0 nitrogen and oxygen atoms in total. The summed E-state index contributed by atoms with van der Waals surface area (Å²) in [6, 6.07) is 0. The average Bonchev–Trinajstić information content (AvgIpc) is 1.96. The van der Waals surface area contributed by atoms with Gasteiger partial charge in [-0.25, -0.2) is 0 Å². The summed E-state index contributed by atoms with van der Waals surface area (Å²) < 4.78 is 0.509. The maximum absolute atomic E-state index is 6.41. The Morgan fingerprint density at radius 1 is 1.08 bits per heavy atom. The minimum atomic E-state index is 0.507. The van der Waals surface area contributed by atoms with Gasteiger partial charge in [0.25, 0.3) is 0 Å². The summed E-state index contributed by atoms with van der Waals surface area (Å²) in [5.74, 6) is 2.66. The van der Waals surface area contributed by atoms with Crippen LogP contribution in [0.25, 0.3) is 0 Å². The lowest BCUT2D eigenvalue weighted by Gasteiger charge is -2.56. The first-order valence-electron chi connectivity index (χ1n) is 4.99. The van der Waals surface area contributed by atoms with Crippen LogP contribution < -0.4 is 0 Å². The minimum Gasteiger partial charge on any atom is -0.122 e. The minimum absolute atomic E-state index is 0.507. The molecule has 2 heteroatoms. The highest BCUT2D eigenvalue weighted by molar-refractivity contribution is 9.10. The van der Waals surface area contributed by atoms with Crippen molar-refractivity contribution >= 4 is 27.5 Å². The van der Waals surface area contributed by atoms with Crippen molar-refractivity contribution in [3.63, 3.8) is 0 Å². The second-order valence-electron chi connectivity index (χ2n) is 5.07. The Morgan fingerprint density at radius 2 is 1.67 bits per heavy atom. The van der Waals surface area contributed by atoms with Crippen molar-refractivity contribution in [1.82, 2.24) is 0 Å². The maximum Gasteiger partial charge on any atom is 0.0393 e. The summed E-state index contributed by atoms with van der Waals surface area (Å²) >= 11 is 10.3. The van der Waals surface area contributed by atoms with Gasteiger partial charge in [-0.1, -0.05) is 15.9 Å². The van der Waals surface area contributed by atoms with E-state index in [9.17, 15) is 0 Å². The highest BCUT2D eigenvalue weighted by Crippen LogP contribution is 2.60. The van der Waals surface area contributed by atoms with E-state index in [1.54, 1.807) is 0 Å². The summed E-state index contributed by atoms with van der Waals surface area (Å²) in [6.45, 7) is 0. The predicted octanol–water partition coefficient (Wildman–Crippen LogP) is 3.57. The fraction of sp³-hybridized carbons (Fsp3) is 1.00. The standard InChI is InChI=1S/C10H14BrCl/c11-10-3-6-1-7(4-10)9(12)8(2-6)5-10/h6-9H,1-5H2/t6?,7-,8+,9?,10?. The molecule has 5 atom stereocenters. The second-order valence-corrected chi connectivity index (χ2v) is 7.25. The van der Waals surface area contributed by atoms with E-state index in [0.29, 0.717) is 9.70 Å². The van der Waals surface area contributed by atoms with E-state index in [1.165, 1.54) is 32.1 Å². The smallest absolute Gasteiger partial charge is 0.0393 e. The number of hydrogen-bond acceptors (Lipinski definition) is 0. The van der Waals surface area contributed by atoms with Gasteiger partial charge in [0, 0.05) is 9.70 Å². The van der Waals surface area contributed by atoms with Gasteiger partial charge in [-0.2, -0.15) is 0 Å². The van der Waals surface area contributed by atoms with Crippen molar-refractivity contribution in [2.24, 2.45) is 17.8 Å². The van der Waals surface area contributed by atoms with Crippen LogP contribution in [-0.2, 0) is 0 Å². The van der Waals surface area contributed by atoms with E-state index in [4.69, 9.17) is 11.6 Å². The van der Waals surface area contributed by atoms with Crippen molar-refractivity contribution in [3.8, 4) is 0 Å². The van der Waals surface area contributed by atoms with E-state index >= 15 is 0 Å². The van der Waals surface area contributed by atoms with Crippen LogP contribution in [0.4, 0.5) is 0 Å². The van der Waals surface area contributed by atoms with E-state index in [1.807, 2.05) is 0 Å². The summed E-state index contributed by atoms with van der Waals surface area (Å²) in [4.78, 5) is 0. The third kappa shape index (κ3) is 1.02. The maximum atomic E-state index is 6.41. The highest BCUT2D eigenvalue weighted by Gasteiger charge is 2.53. The zero-order valence-electron chi connectivity index (χ0n) is 7.10. The van der Waals surface area contributed by atoms with Crippen molar-refractivity contribution in [1.29, 1.82) is 0 Å². The molecule has 0 aromatic carbocycles. The van der Waals surface area contributed by atoms with Gasteiger partial charge in [-0.15, -0.1) is 11.6 Å². The number of alkyl halides is 2. The third-order valence-electron chi connectivity index (χ3n) is 4.08. The Labute approximate surface area is 87.2 Å². The fourth-order valence-corrected chi connectivity index (χ4v) is 5.54. The van der Waals surface area contributed by atoms with Crippen LogP contribution in [-0.4, -0.2) is 9.70 Å². The normalized spacial score (nSPS) is 62.5. The molecule has 4 aliphatic rings. The predicted molar refractivity (Wildman–Crippen MR) is 54.9 cm³/mol. The van der Waals surface area contributed by atoms with Gasteiger partial charge in [-0.05, 0) is 49.9 Å². The van der Waals surface area contributed by atoms with Gasteiger partial charge in [0.05, 0.1) is 0 Å². The average molecular weight is 250 g/mol. The topological polar surface area (TPSA) is 0 Å². The van der Waals surface area contributed by atoms with Gasteiger partial charge >= 0.3 is 0 Å². The summed E-state index contributed by atoms with van der Waals surface area (Å²) in [5, 5.41) is 0.507. The van der Waals surface area contributed by atoms with Crippen LogP contribution in [0.3, 0.4) is 0 Å².